The second kappa shape index (κ2) is 4.84. The van der Waals surface area contributed by atoms with Crippen molar-refractivity contribution in [2.24, 2.45) is 11.8 Å². The van der Waals surface area contributed by atoms with Crippen LogP contribution in [0.4, 0.5) is 4.79 Å². The number of likely N-dealkylation sites (tertiary alicyclic amines) is 1. The Morgan fingerprint density at radius 2 is 1.67 bits per heavy atom. The lowest BCUT2D eigenvalue weighted by Crippen LogP contribution is -2.31. The van der Waals surface area contributed by atoms with E-state index in [0.717, 1.165) is 25.9 Å². The molecule has 1 aliphatic heterocycles. The number of rotatable bonds is 1. The van der Waals surface area contributed by atoms with E-state index in [9.17, 15) is 4.79 Å². The summed E-state index contributed by atoms with van der Waals surface area (Å²) in [7, 11) is 0. The average Bonchev–Trinajstić information content (AvgIpc) is 2.84. The number of hydrogen-bond acceptors (Lipinski definition) is 2. The number of para-hydroxylation sites is 1. The zero-order valence-electron chi connectivity index (χ0n) is 10.3. The van der Waals surface area contributed by atoms with Crippen molar-refractivity contribution < 1.29 is 9.53 Å². The largest absolute Gasteiger partial charge is 0.415 e. The molecule has 18 heavy (non-hydrogen) atoms. The third kappa shape index (κ3) is 2.26. The third-order valence-corrected chi connectivity index (χ3v) is 3.83. The fourth-order valence-corrected chi connectivity index (χ4v) is 2.82. The summed E-state index contributed by atoms with van der Waals surface area (Å²) in [6.07, 6.45) is 6.44. The monoisotopic (exact) mass is 243 g/mol. The van der Waals surface area contributed by atoms with Crippen molar-refractivity contribution in [3.05, 3.63) is 42.5 Å². The van der Waals surface area contributed by atoms with Crippen LogP contribution in [0.1, 0.15) is 12.8 Å². The molecule has 0 aromatic heterocycles. The number of ether oxygens (including phenoxy) is 1. The molecule has 1 aromatic rings. The zero-order valence-corrected chi connectivity index (χ0v) is 10.3. The number of carbonyl (C=O) groups excluding carboxylic acids is 1. The summed E-state index contributed by atoms with van der Waals surface area (Å²) < 4.78 is 5.37. The van der Waals surface area contributed by atoms with Crippen LogP contribution in [0.2, 0.25) is 0 Å². The first-order valence-corrected chi connectivity index (χ1v) is 6.50. The van der Waals surface area contributed by atoms with Gasteiger partial charge in [0.15, 0.2) is 0 Å². The van der Waals surface area contributed by atoms with E-state index in [4.69, 9.17) is 4.74 Å². The summed E-state index contributed by atoms with van der Waals surface area (Å²) in [5.74, 6) is 1.87. The highest BCUT2D eigenvalue weighted by atomic mass is 16.6. The highest BCUT2D eigenvalue weighted by molar-refractivity contribution is 5.71. The predicted octanol–water partition coefficient (Wildman–Crippen LogP) is 3.08. The van der Waals surface area contributed by atoms with Crippen LogP contribution in [0.25, 0.3) is 0 Å². The summed E-state index contributed by atoms with van der Waals surface area (Å²) >= 11 is 0. The molecule has 0 bridgehead atoms. The molecule has 1 amide bonds. The van der Waals surface area contributed by atoms with Gasteiger partial charge in [-0.25, -0.2) is 4.79 Å². The molecule has 3 heteroatoms. The Kier molecular flexibility index (Phi) is 3.05. The molecule has 0 unspecified atom stereocenters. The Balaban J connectivity index is 1.61. The predicted molar refractivity (Wildman–Crippen MR) is 69.4 cm³/mol. The zero-order chi connectivity index (χ0) is 12.4. The molecule has 0 saturated carbocycles. The van der Waals surface area contributed by atoms with Crippen molar-refractivity contribution in [1.82, 2.24) is 4.90 Å². The Labute approximate surface area is 107 Å². The maximum Gasteiger partial charge on any atom is 0.415 e. The second-order valence-electron chi connectivity index (χ2n) is 5.05. The van der Waals surface area contributed by atoms with E-state index >= 15 is 0 Å². The van der Waals surface area contributed by atoms with Gasteiger partial charge in [-0.05, 0) is 36.8 Å². The van der Waals surface area contributed by atoms with E-state index < -0.39 is 0 Å². The van der Waals surface area contributed by atoms with E-state index in [0.29, 0.717) is 17.6 Å². The van der Waals surface area contributed by atoms with Crippen LogP contribution in [0, 0.1) is 11.8 Å². The minimum absolute atomic E-state index is 0.212. The van der Waals surface area contributed by atoms with E-state index in [1.165, 1.54) is 0 Å². The van der Waals surface area contributed by atoms with Crippen LogP contribution >= 0.6 is 0 Å². The average molecular weight is 243 g/mol. The molecule has 2 atom stereocenters. The van der Waals surface area contributed by atoms with Gasteiger partial charge >= 0.3 is 6.09 Å². The van der Waals surface area contributed by atoms with Crippen molar-refractivity contribution in [3.63, 3.8) is 0 Å². The van der Waals surface area contributed by atoms with Crippen LogP contribution in [0.5, 0.6) is 5.75 Å². The molecule has 1 heterocycles. The van der Waals surface area contributed by atoms with Crippen LogP contribution in [-0.4, -0.2) is 24.1 Å². The van der Waals surface area contributed by atoms with Crippen LogP contribution in [0.3, 0.4) is 0 Å². The number of hydrogen-bond donors (Lipinski definition) is 0. The Hall–Kier alpha value is -1.77. The maximum atomic E-state index is 12.0. The highest BCUT2D eigenvalue weighted by Gasteiger charge is 2.35. The van der Waals surface area contributed by atoms with E-state index in [1.807, 2.05) is 35.2 Å². The number of nitrogens with zero attached hydrogens (tertiary/aromatic N) is 1. The lowest BCUT2D eigenvalue weighted by Gasteiger charge is -2.17. The molecule has 94 valence electrons. The summed E-state index contributed by atoms with van der Waals surface area (Å²) in [6.45, 7) is 1.67. The minimum atomic E-state index is -0.212. The van der Waals surface area contributed by atoms with Gasteiger partial charge in [0.05, 0.1) is 0 Å². The van der Waals surface area contributed by atoms with Crippen LogP contribution in [-0.2, 0) is 0 Å². The highest BCUT2D eigenvalue weighted by Crippen LogP contribution is 2.33. The number of benzene rings is 1. The standard InChI is InChI=1S/C15H17NO2/c17-15(18-14-8-2-1-3-9-14)16-10-12-6-4-5-7-13(12)11-16/h1-5,8-9,12-13H,6-7,10-11H2/t12-,13+. The summed E-state index contributed by atoms with van der Waals surface area (Å²) in [5.41, 5.74) is 0. The molecule has 0 spiro atoms. The topological polar surface area (TPSA) is 29.5 Å². The maximum absolute atomic E-state index is 12.0. The van der Waals surface area contributed by atoms with E-state index in [-0.39, 0.29) is 6.09 Å². The molecule has 3 rings (SSSR count). The molecular weight excluding hydrogens is 226 g/mol. The first-order valence-electron chi connectivity index (χ1n) is 6.50. The normalized spacial score (nSPS) is 25.9. The number of allylic oxidation sites excluding steroid dienone is 2. The molecule has 1 aliphatic carbocycles. The first kappa shape index (κ1) is 11.3. The minimum Gasteiger partial charge on any atom is -0.410 e. The van der Waals surface area contributed by atoms with E-state index in [2.05, 4.69) is 12.2 Å². The molecule has 1 aromatic carbocycles. The number of carbonyl (C=O) groups is 1. The smallest absolute Gasteiger partial charge is 0.410 e. The van der Waals surface area contributed by atoms with Gasteiger partial charge in [-0.15, -0.1) is 0 Å². The van der Waals surface area contributed by atoms with Crippen molar-refractivity contribution in [2.75, 3.05) is 13.1 Å². The third-order valence-electron chi connectivity index (χ3n) is 3.83. The van der Waals surface area contributed by atoms with Gasteiger partial charge in [-0.3, -0.25) is 0 Å². The molecule has 1 fully saturated rings. The van der Waals surface area contributed by atoms with Gasteiger partial charge in [0.2, 0.25) is 0 Å². The number of fused-ring (bicyclic) bond motifs is 1. The second-order valence-corrected chi connectivity index (χ2v) is 5.05. The van der Waals surface area contributed by atoms with Gasteiger partial charge in [0.1, 0.15) is 5.75 Å². The molecule has 2 aliphatic rings. The molecule has 3 nitrogen and oxygen atoms in total. The quantitative estimate of drug-likeness (QED) is 0.709. The fourth-order valence-electron chi connectivity index (χ4n) is 2.82. The summed E-state index contributed by atoms with van der Waals surface area (Å²) in [5, 5.41) is 0. The molecule has 1 saturated heterocycles. The summed E-state index contributed by atoms with van der Waals surface area (Å²) in [6, 6.07) is 9.27. The Morgan fingerprint density at radius 3 is 2.28 bits per heavy atom. The van der Waals surface area contributed by atoms with Crippen LogP contribution in [0.15, 0.2) is 42.5 Å². The van der Waals surface area contributed by atoms with Crippen molar-refractivity contribution in [1.29, 1.82) is 0 Å². The fraction of sp³-hybridized carbons (Fsp3) is 0.400. The van der Waals surface area contributed by atoms with Gasteiger partial charge < -0.3 is 9.64 Å². The number of amides is 1. The molecule has 0 radical (unpaired) electrons. The first-order chi connectivity index (χ1) is 8.83. The Bertz CT molecular complexity index is 439. The van der Waals surface area contributed by atoms with Gasteiger partial charge in [0.25, 0.3) is 0 Å². The van der Waals surface area contributed by atoms with E-state index in [1.54, 1.807) is 0 Å². The van der Waals surface area contributed by atoms with Crippen LogP contribution < -0.4 is 4.74 Å². The summed E-state index contributed by atoms with van der Waals surface area (Å²) in [4.78, 5) is 13.9. The van der Waals surface area contributed by atoms with Crippen molar-refractivity contribution in [2.45, 2.75) is 12.8 Å². The molecule has 0 N–H and O–H groups in total. The van der Waals surface area contributed by atoms with Gasteiger partial charge in [-0.1, -0.05) is 30.4 Å². The SMILES string of the molecule is O=C(Oc1ccccc1)N1C[C@H]2CC=CC[C@H]2C1. The van der Waals surface area contributed by atoms with Gasteiger partial charge in [0, 0.05) is 13.1 Å². The van der Waals surface area contributed by atoms with Crippen molar-refractivity contribution in [3.8, 4) is 5.75 Å². The Morgan fingerprint density at radius 1 is 1.06 bits per heavy atom. The molecular formula is C15H17NO2. The van der Waals surface area contributed by atoms with Crippen molar-refractivity contribution >= 4 is 6.09 Å². The lowest BCUT2D eigenvalue weighted by atomic mass is 9.86. The lowest BCUT2D eigenvalue weighted by molar-refractivity contribution is 0.160. The van der Waals surface area contributed by atoms with Gasteiger partial charge in [-0.2, -0.15) is 0 Å².